The number of carbonyl (C=O) groups excluding carboxylic acids is 4. The molecule has 11 nitrogen and oxygen atoms in total. The van der Waals surface area contributed by atoms with Gasteiger partial charge in [-0.2, -0.15) is 0 Å². The van der Waals surface area contributed by atoms with Gasteiger partial charge in [0.15, 0.2) is 0 Å². The van der Waals surface area contributed by atoms with Gasteiger partial charge in [0, 0.05) is 36.7 Å². The molecule has 6 atom stereocenters. The Labute approximate surface area is 228 Å². The highest BCUT2D eigenvalue weighted by molar-refractivity contribution is 8.03. The van der Waals surface area contributed by atoms with Crippen LogP contribution < -0.4 is 5.32 Å². The molecule has 0 aromatic carbocycles. The number of aliphatic hydroxyl groups excluding tert-OH is 1. The largest absolute Gasteiger partial charge is 0.511 e. The lowest BCUT2D eigenvalue weighted by molar-refractivity contribution is -0.167. The fraction of sp³-hybridized carbons (Fsp3) is 0.750. The Morgan fingerprint density at radius 3 is 2.43 bits per heavy atom. The molecule has 0 radical (unpaired) electrons. The van der Waals surface area contributed by atoms with Crippen molar-refractivity contribution in [2.75, 3.05) is 27.4 Å². The minimum atomic E-state index is -0.930. The number of β-lactam (4-membered cyclic amide) rings is 1. The molecule has 2 fully saturated rings. The number of fused-ring (bicyclic) bond motifs is 1. The SMILES string of the molecule is CCC(CC)OC(=O)OCOC(=O)C1=C(S[C@@H]2CN[C@H](C(=O)N(C)C)C2)[C@H](C)[C@@H]2[C@@H]([C@@H](C)O)C(=O)N12.Cl. The van der Waals surface area contributed by atoms with Gasteiger partial charge in [-0.25, -0.2) is 9.59 Å². The molecular formula is C24H38ClN3O8S. The van der Waals surface area contributed by atoms with Crippen molar-refractivity contribution in [3.63, 3.8) is 0 Å². The quantitative estimate of drug-likeness (QED) is 0.230. The van der Waals surface area contributed by atoms with E-state index in [0.29, 0.717) is 30.7 Å². The van der Waals surface area contributed by atoms with Crippen molar-refractivity contribution in [1.82, 2.24) is 15.1 Å². The minimum Gasteiger partial charge on any atom is -0.431 e. The van der Waals surface area contributed by atoms with E-state index in [1.165, 1.54) is 21.6 Å². The van der Waals surface area contributed by atoms with Crippen molar-refractivity contribution >= 4 is 48.1 Å². The van der Waals surface area contributed by atoms with Crippen LogP contribution >= 0.6 is 24.2 Å². The molecule has 0 aromatic rings. The zero-order valence-electron chi connectivity index (χ0n) is 22.1. The number of thioether (sulfide) groups is 1. The molecule has 3 aliphatic rings. The molecular weight excluding hydrogens is 526 g/mol. The van der Waals surface area contributed by atoms with Crippen molar-refractivity contribution in [3.05, 3.63) is 10.6 Å². The van der Waals surface area contributed by atoms with Crippen LogP contribution in [0.2, 0.25) is 0 Å². The highest BCUT2D eigenvalue weighted by atomic mass is 35.5. The van der Waals surface area contributed by atoms with E-state index >= 15 is 0 Å². The number of esters is 1. The lowest BCUT2D eigenvalue weighted by Gasteiger charge is -2.46. The minimum absolute atomic E-state index is 0. The van der Waals surface area contributed by atoms with Gasteiger partial charge in [0.25, 0.3) is 0 Å². The average Bonchev–Trinajstić information content (AvgIpc) is 3.38. The summed E-state index contributed by atoms with van der Waals surface area (Å²) in [5, 5.41) is 13.4. The Balaban J connectivity index is 0.00000481. The van der Waals surface area contributed by atoms with Crippen molar-refractivity contribution in [1.29, 1.82) is 0 Å². The first-order chi connectivity index (χ1) is 17.0. The predicted octanol–water partition coefficient (Wildman–Crippen LogP) is 1.87. The van der Waals surface area contributed by atoms with E-state index in [0.717, 1.165) is 0 Å². The normalized spacial score (nSPS) is 27.3. The van der Waals surface area contributed by atoms with E-state index in [-0.39, 0.29) is 59.3 Å². The van der Waals surface area contributed by atoms with E-state index in [4.69, 9.17) is 14.2 Å². The number of carbonyl (C=O) groups is 4. The molecule has 3 rings (SSSR count). The predicted molar refractivity (Wildman–Crippen MR) is 139 cm³/mol. The number of nitrogens with one attached hydrogen (secondary N) is 1. The molecule has 0 saturated carbocycles. The average molecular weight is 564 g/mol. The van der Waals surface area contributed by atoms with E-state index in [2.05, 4.69) is 5.32 Å². The lowest BCUT2D eigenvalue weighted by Crippen LogP contribution is -2.63. The maximum Gasteiger partial charge on any atom is 0.511 e. The molecule has 0 aromatic heterocycles. The van der Waals surface area contributed by atoms with Crippen molar-refractivity contribution in [2.24, 2.45) is 11.8 Å². The molecule has 0 bridgehead atoms. The Hall–Kier alpha value is -2.02. The first-order valence-corrected chi connectivity index (χ1v) is 13.3. The van der Waals surface area contributed by atoms with Gasteiger partial charge in [-0.1, -0.05) is 20.8 Å². The fourth-order valence-electron chi connectivity index (χ4n) is 4.97. The van der Waals surface area contributed by atoms with Crippen LogP contribution in [0.15, 0.2) is 10.6 Å². The summed E-state index contributed by atoms with van der Waals surface area (Å²) in [5.74, 6) is -1.97. The van der Waals surface area contributed by atoms with Crippen LogP contribution in [0, 0.1) is 11.8 Å². The summed E-state index contributed by atoms with van der Waals surface area (Å²) in [4.78, 5) is 53.8. The van der Waals surface area contributed by atoms with Gasteiger partial charge in [0.1, 0.15) is 11.8 Å². The molecule has 0 unspecified atom stereocenters. The molecule has 2 N–H and O–H groups in total. The summed E-state index contributed by atoms with van der Waals surface area (Å²) in [5.41, 5.74) is 0.110. The van der Waals surface area contributed by atoms with Crippen LogP contribution in [-0.4, -0.2) is 95.8 Å². The first-order valence-electron chi connectivity index (χ1n) is 12.4. The second-order valence-electron chi connectivity index (χ2n) is 9.64. The van der Waals surface area contributed by atoms with Crippen LogP contribution in [0.3, 0.4) is 0 Å². The Morgan fingerprint density at radius 1 is 1.22 bits per heavy atom. The molecule has 13 heteroatoms. The van der Waals surface area contributed by atoms with Crippen molar-refractivity contribution in [2.45, 2.75) is 76.5 Å². The Bertz CT molecular complexity index is 910. The number of aliphatic hydroxyl groups is 1. The number of hydrogen-bond acceptors (Lipinski definition) is 10. The number of amides is 2. The smallest absolute Gasteiger partial charge is 0.431 e. The van der Waals surface area contributed by atoms with Gasteiger partial charge in [-0.05, 0) is 26.2 Å². The highest BCUT2D eigenvalue weighted by Crippen LogP contribution is 2.52. The van der Waals surface area contributed by atoms with Crippen molar-refractivity contribution < 1.29 is 38.5 Å². The van der Waals surface area contributed by atoms with Gasteiger partial charge < -0.3 is 34.4 Å². The van der Waals surface area contributed by atoms with Crippen LogP contribution in [-0.2, 0) is 28.6 Å². The zero-order valence-corrected chi connectivity index (χ0v) is 23.7. The summed E-state index contributed by atoms with van der Waals surface area (Å²) in [7, 11) is 3.41. The zero-order chi connectivity index (χ0) is 26.7. The third kappa shape index (κ3) is 6.52. The summed E-state index contributed by atoms with van der Waals surface area (Å²) < 4.78 is 15.2. The number of nitrogens with zero attached hydrogens (tertiary/aromatic N) is 2. The Morgan fingerprint density at radius 2 is 1.86 bits per heavy atom. The Kier molecular flexibility index (Phi) is 11.1. The van der Waals surface area contributed by atoms with E-state index in [1.807, 2.05) is 20.8 Å². The molecule has 0 aliphatic carbocycles. The topological polar surface area (TPSA) is 135 Å². The van der Waals surface area contributed by atoms with Gasteiger partial charge in [0.05, 0.1) is 24.1 Å². The maximum absolute atomic E-state index is 13.1. The van der Waals surface area contributed by atoms with Crippen LogP contribution in [0.4, 0.5) is 4.79 Å². The number of ether oxygens (including phenoxy) is 3. The maximum atomic E-state index is 13.1. The molecule has 2 saturated heterocycles. The van der Waals surface area contributed by atoms with Gasteiger partial charge >= 0.3 is 12.1 Å². The summed E-state index contributed by atoms with van der Waals surface area (Å²) >= 11 is 1.45. The first kappa shape index (κ1) is 31.2. The molecule has 0 spiro atoms. The monoisotopic (exact) mass is 563 g/mol. The van der Waals surface area contributed by atoms with Gasteiger partial charge in [0.2, 0.25) is 18.6 Å². The third-order valence-electron chi connectivity index (χ3n) is 6.97. The molecule has 2 amide bonds. The summed E-state index contributed by atoms with van der Waals surface area (Å²) in [6, 6.07) is -0.680. The van der Waals surface area contributed by atoms with Crippen LogP contribution in [0.5, 0.6) is 0 Å². The number of hydrogen-bond donors (Lipinski definition) is 2. The van der Waals surface area contributed by atoms with Crippen LogP contribution in [0.25, 0.3) is 0 Å². The molecule has 210 valence electrons. The van der Waals surface area contributed by atoms with Crippen LogP contribution in [0.1, 0.15) is 47.0 Å². The van der Waals surface area contributed by atoms with E-state index < -0.39 is 30.9 Å². The van der Waals surface area contributed by atoms with Gasteiger partial charge in [-0.15, -0.1) is 24.2 Å². The molecule has 37 heavy (non-hydrogen) atoms. The summed E-state index contributed by atoms with van der Waals surface area (Å²) in [6.07, 6.45) is -0.228. The van der Waals surface area contributed by atoms with Crippen molar-refractivity contribution in [3.8, 4) is 0 Å². The summed E-state index contributed by atoms with van der Waals surface area (Å²) in [6.45, 7) is 7.16. The number of halogens is 1. The lowest BCUT2D eigenvalue weighted by atomic mass is 9.79. The second-order valence-corrected chi connectivity index (χ2v) is 11.0. The highest BCUT2D eigenvalue weighted by Gasteiger charge is 2.60. The second kappa shape index (κ2) is 13.2. The third-order valence-corrected chi connectivity index (χ3v) is 8.48. The number of likely N-dealkylation sites (N-methyl/N-ethyl adjacent to an activating group) is 1. The number of rotatable bonds is 10. The van der Waals surface area contributed by atoms with E-state index in [1.54, 1.807) is 21.0 Å². The van der Waals surface area contributed by atoms with Gasteiger partial charge in [-0.3, -0.25) is 9.59 Å². The molecule has 3 aliphatic heterocycles. The fourth-order valence-corrected chi connectivity index (χ4v) is 6.44. The van der Waals surface area contributed by atoms with E-state index in [9.17, 15) is 24.3 Å². The molecule has 3 heterocycles. The standard InChI is InChI=1S/C24H37N3O8S.ClH/c1-7-14(8-2)35-24(32)34-11-33-23(31)19-20(12(3)18-17(13(4)28)22(30)27(18)19)36-15-9-16(25-10-15)21(29)26(5)6;/h12-18,25,28H,7-11H2,1-6H3;1H/t12-,13-,15+,16+,17-,18-;/m1./s1.